The topological polar surface area (TPSA) is 56.6 Å². The Hall–Kier alpha value is -3.43. The molecule has 3 aromatic rings. The standard InChI is InChI=1S/C25H24FN3O2/c1-28(25(30)23(29-12-5-13-29)17-8-10-20(26)11-9-17)16-22-21-7-4-3-6-18(21)14-19(15-27)24(22)31-2/h3-4,6-11,14,23H,5,12-13,16H2,1-2H3. The van der Waals surface area contributed by atoms with Gasteiger partial charge in [-0.05, 0) is 41.0 Å². The number of hydrogen-bond donors (Lipinski definition) is 0. The van der Waals surface area contributed by atoms with Gasteiger partial charge in [0.15, 0.2) is 0 Å². The Morgan fingerprint density at radius 2 is 1.94 bits per heavy atom. The van der Waals surface area contributed by atoms with E-state index in [4.69, 9.17) is 4.74 Å². The van der Waals surface area contributed by atoms with Gasteiger partial charge < -0.3 is 9.64 Å². The van der Waals surface area contributed by atoms with E-state index in [1.165, 1.54) is 19.2 Å². The van der Waals surface area contributed by atoms with E-state index in [9.17, 15) is 14.4 Å². The highest BCUT2D eigenvalue weighted by molar-refractivity contribution is 5.91. The third-order valence-electron chi connectivity index (χ3n) is 5.88. The first kappa shape index (κ1) is 20.8. The molecule has 6 heteroatoms. The summed E-state index contributed by atoms with van der Waals surface area (Å²) in [6.07, 6.45) is 1.04. The number of likely N-dealkylation sites (N-methyl/N-ethyl adjacent to an activating group) is 1. The van der Waals surface area contributed by atoms with Crippen LogP contribution >= 0.6 is 0 Å². The molecule has 0 spiro atoms. The first-order valence-corrected chi connectivity index (χ1v) is 10.3. The summed E-state index contributed by atoms with van der Waals surface area (Å²) in [5.41, 5.74) is 2.02. The number of likely N-dealkylation sites (tertiary alicyclic amines) is 1. The number of methoxy groups -OCH3 is 1. The maximum absolute atomic E-state index is 13.5. The predicted molar refractivity (Wildman–Crippen MR) is 117 cm³/mol. The van der Waals surface area contributed by atoms with Crippen LogP contribution in [0.5, 0.6) is 5.75 Å². The van der Waals surface area contributed by atoms with Gasteiger partial charge in [-0.25, -0.2) is 4.39 Å². The van der Waals surface area contributed by atoms with Crippen LogP contribution in [0.4, 0.5) is 4.39 Å². The van der Waals surface area contributed by atoms with Crippen molar-refractivity contribution in [2.45, 2.75) is 19.0 Å². The maximum Gasteiger partial charge on any atom is 0.244 e. The quantitative estimate of drug-likeness (QED) is 0.601. The molecule has 1 atom stereocenters. The monoisotopic (exact) mass is 417 g/mol. The maximum atomic E-state index is 13.5. The number of nitriles is 1. The van der Waals surface area contributed by atoms with Crippen molar-refractivity contribution in [1.82, 2.24) is 9.80 Å². The Bertz CT molecular complexity index is 1150. The second kappa shape index (κ2) is 8.75. The van der Waals surface area contributed by atoms with Crippen molar-refractivity contribution in [3.63, 3.8) is 0 Å². The van der Waals surface area contributed by atoms with Gasteiger partial charge in [-0.3, -0.25) is 9.69 Å². The van der Waals surface area contributed by atoms with E-state index in [2.05, 4.69) is 11.0 Å². The molecule has 158 valence electrons. The largest absolute Gasteiger partial charge is 0.495 e. The van der Waals surface area contributed by atoms with Gasteiger partial charge >= 0.3 is 0 Å². The number of nitrogens with zero attached hydrogens (tertiary/aromatic N) is 3. The summed E-state index contributed by atoms with van der Waals surface area (Å²) in [4.78, 5) is 17.3. The zero-order valence-corrected chi connectivity index (χ0v) is 17.6. The van der Waals surface area contributed by atoms with Crippen LogP contribution in [-0.2, 0) is 11.3 Å². The minimum atomic E-state index is -0.462. The van der Waals surface area contributed by atoms with Crippen LogP contribution in [0.1, 0.15) is 29.2 Å². The van der Waals surface area contributed by atoms with Gasteiger partial charge in [0.2, 0.25) is 5.91 Å². The average molecular weight is 417 g/mol. The van der Waals surface area contributed by atoms with Gasteiger partial charge in [-0.1, -0.05) is 36.4 Å². The fourth-order valence-electron chi connectivity index (χ4n) is 4.15. The lowest BCUT2D eigenvalue weighted by Crippen LogP contribution is -2.47. The molecule has 0 bridgehead atoms. The third kappa shape index (κ3) is 3.97. The van der Waals surface area contributed by atoms with E-state index >= 15 is 0 Å². The number of ether oxygens (including phenoxy) is 1. The number of benzene rings is 3. The molecule has 0 aromatic heterocycles. The fourth-order valence-corrected chi connectivity index (χ4v) is 4.15. The van der Waals surface area contributed by atoms with Crippen molar-refractivity contribution in [3.05, 3.63) is 77.1 Å². The van der Waals surface area contributed by atoms with E-state index < -0.39 is 6.04 Å². The summed E-state index contributed by atoms with van der Waals surface area (Å²) < 4.78 is 19.0. The molecule has 4 rings (SSSR count). The van der Waals surface area contributed by atoms with E-state index in [1.54, 1.807) is 30.1 Å². The molecule has 5 nitrogen and oxygen atoms in total. The summed E-state index contributed by atoms with van der Waals surface area (Å²) in [7, 11) is 3.30. The van der Waals surface area contributed by atoms with Gasteiger partial charge in [-0.2, -0.15) is 5.26 Å². The number of carbonyl (C=O) groups is 1. The molecule has 0 aliphatic carbocycles. The average Bonchev–Trinajstić information content (AvgIpc) is 2.76. The van der Waals surface area contributed by atoms with Crippen molar-refractivity contribution in [2.24, 2.45) is 0 Å². The molecular weight excluding hydrogens is 393 g/mol. The number of fused-ring (bicyclic) bond motifs is 1. The van der Waals surface area contributed by atoms with Gasteiger partial charge in [0, 0.05) is 32.2 Å². The number of rotatable bonds is 6. The normalized spacial score (nSPS) is 14.5. The molecule has 31 heavy (non-hydrogen) atoms. The molecule has 0 radical (unpaired) electrons. The van der Waals surface area contributed by atoms with Crippen LogP contribution in [0.15, 0.2) is 54.6 Å². The summed E-state index contributed by atoms with van der Waals surface area (Å²) >= 11 is 0. The molecule has 1 aliphatic heterocycles. The van der Waals surface area contributed by atoms with Gasteiger partial charge in [0.05, 0.1) is 12.7 Å². The lowest BCUT2D eigenvalue weighted by atomic mass is 9.97. The first-order chi connectivity index (χ1) is 15.0. The van der Waals surface area contributed by atoms with Crippen LogP contribution in [0.2, 0.25) is 0 Å². The smallest absolute Gasteiger partial charge is 0.244 e. The molecule has 1 heterocycles. The van der Waals surface area contributed by atoms with Crippen LogP contribution in [0.25, 0.3) is 10.8 Å². The molecule has 0 saturated carbocycles. The summed E-state index contributed by atoms with van der Waals surface area (Å²) in [5, 5.41) is 11.5. The van der Waals surface area contributed by atoms with Gasteiger partial charge in [-0.15, -0.1) is 0 Å². The summed E-state index contributed by atoms with van der Waals surface area (Å²) in [6, 6.07) is 17.4. The lowest BCUT2D eigenvalue weighted by molar-refractivity contribution is -0.138. The Labute approximate surface area is 181 Å². The van der Waals surface area contributed by atoms with Crippen molar-refractivity contribution in [3.8, 4) is 11.8 Å². The fraction of sp³-hybridized carbons (Fsp3) is 0.280. The first-order valence-electron chi connectivity index (χ1n) is 10.3. The Morgan fingerprint density at radius 1 is 1.23 bits per heavy atom. The van der Waals surface area contributed by atoms with E-state index in [0.29, 0.717) is 17.9 Å². The summed E-state index contributed by atoms with van der Waals surface area (Å²) in [6.45, 7) is 1.96. The van der Waals surface area contributed by atoms with Crippen LogP contribution in [0.3, 0.4) is 0 Å². The second-order valence-corrected chi connectivity index (χ2v) is 7.81. The predicted octanol–water partition coefficient (Wildman–Crippen LogP) is 4.26. The van der Waals surface area contributed by atoms with E-state index in [1.807, 2.05) is 24.3 Å². The molecule has 3 aromatic carbocycles. The van der Waals surface area contributed by atoms with Crippen molar-refractivity contribution >= 4 is 16.7 Å². The second-order valence-electron chi connectivity index (χ2n) is 7.81. The molecule has 1 aliphatic rings. The highest BCUT2D eigenvalue weighted by atomic mass is 19.1. The Morgan fingerprint density at radius 3 is 2.55 bits per heavy atom. The number of amides is 1. The number of hydrogen-bond acceptors (Lipinski definition) is 4. The SMILES string of the molecule is COc1c(C#N)cc2ccccc2c1CN(C)C(=O)C(c1ccc(F)cc1)N1CCC1. The molecular formula is C25H24FN3O2. The molecule has 1 saturated heterocycles. The molecule has 0 N–H and O–H groups in total. The molecule has 1 unspecified atom stereocenters. The van der Waals surface area contributed by atoms with Crippen molar-refractivity contribution in [1.29, 1.82) is 5.26 Å². The molecule has 1 fully saturated rings. The summed E-state index contributed by atoms with van der Waals surface area (Å²) in [5.74, 6) is 0.0966. The highest BCUT2D eigenvalue weighted by Gasteiger charge is 2.33. The highest BCUT2D eigenvalue weighted by Crippen LogP contribution is 2.34. The Balaban J connectivity index is 1.70. The van der Waals surface area contributed by atoms with Gasteiger partial charge in [0.25, 0.3) is 0 Å². The van der Waals surface area contributed by atoms with Crippen LogP contribution in [0, 0.1) is 17.1 Å². The zero-order chi connectivity index (χ0) is 22.0. The number of halogens is 1. The van der Waals surface area contributed by atoms with Gasteiger partial charge in [0.1, 0.15) is 23.7 Å². The van der Waals surface area contributed by atoms with E-state index in [0.717, 1.165) is 41.4 Å². The van der Waals surface area contributed by atoms with Crippen LogP contribution in [-0.4, -0.2) is 43.0 Å². The zero-order valence-electron chi connectivity index (χ0n) is 17.6. The number of carbonyl (C=O) groups excluding carboxylic acids is 1. The third-order valence-corrected chi connectivity index (χ3v) is 5.88. The lowest BCUT2D eigenvalue weighted by Gasteiger charge is -2.39. The van der Waals surface area contributed by atoms with E-state index in [-0.39, 0.29) is 11.7 Å². The van der Waals surface area contributed by atoms with Crippen molar-refractivity contribution in [2.75, 3.05) is 27.2 Å². The molecule has 1 amide bonds. The van der Waals surface area contributed by atoms with Crippen molar-refractivity contribution < 1.29 is 13.9 Å². The minimum absolute atomic E-state index is 0.0696. The van der Waals surface area contributed by atoms with Crippen LogP contribution < -0.4 is 4.74 Å². The Kier molecular flexibility index (Phi) is 5.88. The minimum Gasteiger partial charge on any atom is -0.495 e.